The van der Waals surface area contributed by atoms with Gasteiger partial charge >= 0.3 is 0 Å². The monoisotopic (exact) mass is 316 g/mol. The van der Waals surface area contributed by atoms with Crippen LogP contribution in [0.4, 0.5) is 5.69 Å². The molecule has 1 saturated carbocycles. The Morgan fingerprint density at radius 1 is 1.13 bits per heavy atom. The molecule has 0 aromatic heterocycles. The molecule has 1 aromatic carbocycles. The fourth-order valence-electron chi connectivity index (χ4n) is 3.50. The summed E-state index contributed by atoms with van der Waals surface area (Å²) in [6.45, 7) is 2.56. The fourth-order valence-corrected chi connectivity index (χ4v) is 3.50. The van der Waals surface area contributed by atoms with Crippen molar-refractivity contribution in [2.24, 2.45) is 0 Å². The number of imide groups is 1. The van der Waals surface area contributed by atoms with Crippen LogP contribution in [0.15, 0.2) is 24.3 Å². The first-order valence-corrected chi connectivity index (χ1v) is 8.54. The SMILES string of the molecule is CCOc1ccc(N[C@@H]2CC(=O)N(C3CCCCC3)C2=O)cc1. The van der Waals surface area contributed by atoms with Crippen LogP contribution >= 0.6 is 0 Å². The van der Waals surface area contributed by atoms with Crippen molar-refractivity contribution in [1.29, 1.82) is 0 Å². The summed E-state index contributed by atoms with van der Waals surface area (Å²) in [6, 6.07) is 7.16. The highest BCUT2D eigenvalue weighted by Gasteiger charge is 2.42. The standard InChI is InChI=1S/C18H24N2O3/c1-2-23-15-10-8-13(9-11-15)19-16-12-17(21)20(18(16)22)14-6-4-3-5-7-14/h8-11,14,16,19H,2-7,12H2,1H3/t16-/m1/s1. The van der Waals surface area contributed by atoms with Crippen molar-refractivity contribution < 1.29 is 14.3 Å². The lowest BCUT2D eigenvalue weighted by atomic mass is 9.94. The number of carbonyl (C=O) groups is 2. The zero-order valence-corrected chi connectivity index (χ0v) is 13.6. The van der Waals surface area contributed by atoms with Gasteiger partial charge in [-0.15, -0.1) is 0 Å². The molecule has 2 amide bonds. The summed E-state index contributed by atoms with van der Waals surface area (Å²) in [5, 5.41) is 3.19. The molecule has 124 valence electrons. The maximum atomic E-state index is 12.6. The van der Waals surface area contributed by atoms with Gasteiger partial charge in [0.1, 0.15) is 11.8 Å². The molecule has 1 N–H and O–H groups in total. The fraction of sp³-hybridized carbons (Fsp3) is 0.556. The normalized spacial score (nSPS) is 22.5. The number of hydrogen-bond acceptors (Lipinski definition) is 4. The van der Waals surface area contributed by atoms with Gasteiger partial charge in [-0.1, -0.05) is 19.3 Å². The molecular formula is C18H24N2O3. The summed E-state index contributed by atoms with van der Waals surface area (Å²) in [5.74, 6) is 0.692. The molecule has 1 heterocycles. The van der Waals surface area contributed by atoms with E-state index < -0.39 is 6.04 Å². The van der Waals surface area contributed by atoms with Gasteiger partial charge in [0.2, 0.25) is 5.91 Å². The summed E-state index contributed by atoms with van der Waals surface area (Å²) < 4.78 is 5.41. The van der Waals surface area contributed by atoms with E-state index >= 15 is 0 Å². The molecule has 0 unspecified atom stereocenters. The van der Waals surface area contributed by atoms with Gasteiger partial charge in [-0.2, -0.15) is 0 Å². The second-order valence-corrected chi connectivity index (χ2v) is 6.25. The first kappa shape index (κ1) is 15.8. The van der Waals surface area contributed by atoms with Gasteiger partial charge in [-0.3, -0.25) is 14.5 Å². The average molecular weight is 316 g/mol. The summed E-state index contributed by atoms with van der Waals surface area (Å²) in [6.07, 6.45) is 5.58. The van der Waals surface area contributed by atoms with Crippen LogP contribution in [-0.2, 0) is 9.59 Å². The Balaban J connectivity index is 1.64. The zero-order chi connectivity index (χ0) is 16.2. The predicted octanol–water partition coefficient (Wildman–Crippen LogP) is 2.96. The number of nitrogens with zero attached hydrogens (tertiary/aromatic N) is 1. The van der Waals surface area contributed by atoms with Crippen molar-refractivity contribution in [2.75, 3.05) is 11.9 Å². The topological polar surface area (TPSA) is 58.6 Å². The van der Waals surface area contributed by atoms with E-state index in [0.29, 0.717) is 6.61 Å². The third-order valence-electron chi connectivity index (χ3n) is 4.63. The molecule has 5 heteroatoms. The van der Waals surface area contributed by atoms with Crippen molar-refractivity contribution in [3.05, 3.63) is 24.3 Å². The highest BCUT2D eigenvalue weighted by atomic mass is 16.5. The molecule has 0 radical (unpaired) electrons. The second kappa shape index (κ2) is 7.02. The number of carbonyl (C=O) groups excluding carboxylic acids is 2. The predicted molar refractivity (Wildman–Crippen MR) is 88.4 cm³/mol. The molecule has 3 rings (SSSR count). The van der Waals surface area contributed by atoms with Crippen LogP contribution in [0, 0.1) is 0 Å². The number of hydrogen-bond donors (Lipinski definition) is 1. The molecule has 2 fully saturated rings. The van der Waals surface area contributed by atoms with E-state index in [0.717, 1.165) is 37.1 Å². The Hall–Kier alpha value is -2.04. The highest BCUT2D eigenvalue weighted by Crippen LogP contribution is 2.28. The maximum Gasteiger partial charge on any atom is 0.252 e. The lowest BCUT2D eigenvalue weighted by molar-refractivity contribution is -0.141. The smallest absolute Gasteiger partial charge is 0.252 e. The van der Waals surface area contributed by atoms with Gasteiger partial charge in [0.05, 0.1) is 13.0 Å². The van der Waals surface area contributed by atoms with Crippen LogP contribution in [0.3, 0.4) is 0 Å². The summed E-state index contributed by atoms with van der Waals surface area (Å²) >= 11 is 0. The minimum absolute atomic E-state index is 0.0367. The molecule has 1 saturated heterocycles. The van der Waals surface area contributed by atoms with E-state index in [1.54, 1.807) is 0 Å². The van der Waals surface area contributed by atoms with E-state index in [1.165, 1.54) is 11.3 Å². The van der Waals surface area contributed by atoms with E-state index in [2.05, 4.69) is 5.32 Å². The number of anilines is 1. The number of rotatable bonds is 5. The first-order valence-electron chi connectivity index (χ1n) is 8.54. The highest BCUT2D eigenvalue weighted by molar-refractivity contribution is 6.07. The third kappa shape index (κ3) is 3.49. The van der Waals surface area contributed by atoms with E-state index in [9.17, 15) is 9.59 Å². The van der Waals surface area contributed by atoms with Crippen molar-refractivity contribution in [3.63, 3.8) is 0 Å². The van der Waals surface area contributed by atoms with Crippen LogP contribution in [-0.4, -0.2) is 35.4 Å². The van der Waals surface area contributed by atoms with Gasteiger partial charge in [0.15, 0.2) is 0 Å². The molecular weight excluding hydrogens is 292 g/mol. The van der Waals surface area contributed by atoms with E-state index in [-0.39, 0.29) is 24.3 Å². The molecule has 23 heavy (non-hydrogen) atoms. The number of amides is 2. The second-order valence-electron chi connectivity index (χ2n) is 6.25. The lowest BCUT2D eigenvalue weighted by Crippen LogP contribution is -2.43. The number of benzene rings is 1. The van der Waals surface area contributed by atoms with Gasteiger partial charge in [0, 0.05) is 11.7 Å². The van der Waals surface area contributed by atoms with Gasteiger partial charge in [0.25, 0.3) is 5.91 Å². The Kier molecular flexibility index (Phi) is 4.84. The zero-order valence-electron chi connectivity index (χ0n) is 13.6. The maximum absolute atomic E-state index is 12.6. The number of ether oxygens (including phenoxy) is 1. The Morgan fingerprint density at radius 2 is 1.83 bits per heavy atom. The molecule has 0 bridgehead atoms. The third-order valence-corrected chi connectivity index (χ3v) is 4.63. The van der Waals surface area contributed by atoms with Gasteiger partial charge in [-0.05, 0) is 44.0 Å². The first-order chi connectivity index (χ1) is 11.2. The van der Waals surface area contributed by atoms with Crippen LogP contribution < -0.4 is 10.1 Å². The Bertz CT molecular complexity index is 564. The van der Waals surface area contributed by atoms with E-state index in [4.69, 9.17) is 4.74 Å². The summed E-state index contributed by atoms with van der Waals surface area (Å²) in [4.78, 5) is 26.4. The van der Waals surface area contributed by atoms with Crippen molar-refractivity contribution >= 4 is 17.5 Å². The van der Waals surface area contributed by atoms with Crippen LogP contribution in [0.25, 0.3) is 0 Å². The molecule has 0 spiro atoms. The van der Waals surface area contributed by atoms with Crippen molar-refractivity contribution in [3.8, 4) is 5.75 Å². The average Bonchev–Trinajstić information content (AvgIpc) is 2.84. The number of nitrogens with one attached hydrogen (secondary N) is 1. The molecule has 1 aromatic rings. The Labute approximate surface area is 137 Å². The van der Waals surface area contributed by atoms with Crippen LogP contribution in [0.1, 0.15) is 45.4 Å². The van der Waals surface area contributed by atoms with Crippen molar-refractivity contribution in [1.82, 2.24) is 4.90 Å². The minimum atomic E-state index is -0.442. The molecule has 1 aliphatic heterocycles. The quantitative estimate of drug-likeness (QED) is 0.849. The molecule has 1 aliphatic carbocycles. The van der Waals surface area contributed by atoms with Gasteiger partial charge in [-0.25, -0.2) is 0 Å². The minimum Gasteiger partial charge on any atom is -0.494 e. The molecule has 1 atom stereocenters. The largest absolute Gasteiger partial charge is 0.494 e. The van der Waals surface area contributed by atoms with E-state index in [1.807, 2.05) is 31.2 Å². The van der Waals surface area contributed by atoms with Crippen molar-refractivity contribution in [2.45, 2.75) is 57.5 Å². The Morgan fingerprint density at radius 3 is 2.48 bits per heavy atom. The summed E-state index contributed by atoms with van der Waals surface area (Å²) in [7, 11) is 0. The van der Waals surface area contributed by atoms with Crippen LogP contribution in [0.2, 0.25) is 0 Å². The molecule has 5 nitrogen and oxygen atoms in total. The molecule has 2 aliphatic rings. The van der Waals surface area contributed by atoms with Gasteiger partial charge < -0.3 is 10.1 Å². The lowest BCUT2D eigenvalue weighted by Gasteiger charge is -2.29. The number of likely N-dealkylation sites (tertiary alicyclic amines) is 1. The van der Waals surface area contributed by atoms with Crippen LogP contribution in [0.5, 0.6) is 5.75 Å². The summed E-state index contributed by atoms with van der Waals surface area (Å²) in [5.41, 5.74) is 0.838.